The molecular weight excluding hydrogens is 218 g/mol. The van der Waals surface area contributed by atoms with Crippen LogP contribution in [0.3, 0.4) is 0 Å². The Hall–Kier alpha value is -0.920. The SMILES string of the molecule is Cc1n[nH]c(C)c1S(=O)(=O)N(C)CCO. The fourth-order valence-corrected chi connectivity index (χ4v) is 2.82. The first-order valence-electron chi connectivity index (χ1n) is 4.50. The lowest BCUT2D eigenvalue weighted by Gasteiger charge is -2.15. The summed E-state index contributed by atoms with van der Waals surface area (Å²) in [6.45, 7) is 3.15. The van der Waals surface area contributed by atoms with E-state index in [9.17, 15) is 8.42 Å². The second kappa shape index (κ2) is 4.30. The summed E-state index contributed by atoms with van der Waals surface area (Å²) in [6.07, 6.45) is 0. The number of nitrogens with zero attached hydrogens (tertiary/aromatic N) is 2. The van der Waals surface area contributed by atoms with Gasteiger partial charge >= 0.3 is 0 Å². The molecule has 0 aliphatic rings. The Morgan fingerprint density at radius 2 is 2.07 bits per heavy atom. The lowest BCUT2D eigenvalue weighted by Crippen LogP contribution is -2.30. The summed E-state index contributed by atoms with van der Waals surface area (Å²) in [6, 6.07) is 0. The van der Waals surface area contributed by atoms with Crippen LogP contribution in [0, 0.1) is 13.8 Å². The standard InChI is InChI=1S/C8H15N3O3S/c1-6-8(7(2)10-9-6)15(13,14)11(3)4-5-12/h12H,4-5H2,1-3H3,(H,9,10). The van der Waals surface area contributed by atoms with Gasteiger partial charge in [0.2, 0.25) is 10.0 Å². The summed E-state index contributed by atoms with van der Waals surface area (Å²) in [5.74, 6) is 0. The van der Waals surface area contributed by atoms with Gasteiger partial charge in [-0.15, -0.1) is 0 Å². The van der Waals surface area contributed by atoms with Crippen molar-refractivity contribution in [3.63, 3.8) is 0 Å². The summed E-state index contributed by atoms with van der Waals surface area (Å²) >= 11 is 0. The third kappa shape index (κ3) is 2.19. The second-order valence-electron chi connectivity index (χ2n) is 3.31. The first kappa shape index (κ1) is 12.2. The van der Waals surface area contributed by atoms with Crippen molar-refractivity contribution in [1.29, 1.82) is 0 Å². The number of rotatable bonds is 4. The van der Waals surface area contributed by atoms with E-state index >= 15 is 0 Å². The minimum absolute atomic E-state index is 0.0758. The number of hydrogen-bond acceptors (Lipinski definition) is 4. The zero-order valence-corrected chi connectivity index (χ0v) is 9.80. The van der Waals surface area contributed by atoms with Crippen LogP contribution >= 0.6 is 0 Å². The monoisotopic (exact) mass is 233 g/mol. The van der Waals surface area contributed by atoms with Crippen molar-refractivity contribution < 1.29 is 13.5 Å². The molecular formula is C8H15N3O3S. The molecule has 15 heavy (non-hydrogen) atoms. The van der Waals surface area contributed by atoms with Gasteiger partial charge in [-0.2, -0.15) is 9.40 Å². The fourth-order valence-electron chi connectivity index (χ4n) is 1.34. The number of sulfonamides is 1. The first-order chi connectivity index (χ1) is 6.91. The van der Waals surface area contributed by atoms with E-state index in [1.807, 2.05) is 0 Å². The molecule has 0 aromatic carbocycles. The zero-order valence-electron chi connectivity index (χ0n) is 8.98. The maximum atomic E-state index is 12.0. The molecule has 0 spiro atoms. The highest BCUT2D eigenvalue weighted by Gasteiger charge is 2.26. The molecule has 0 unspecified atom stereocenters. The van der Waals surface area contributed by atoms with E-state index in [2.05, 4.69) is 10.2 Å². The molecule has 86 valence electrons. The summed E-state index contributed by atoms with van der Waals surface area (Å²) in [5, 5.41) is 15.2. The van der Waals surface area contributed by atoms with Crippen molar-refractivity contribution in [1.82, 2.24) is 14.5 Å². The molecule has 0 saturated carbocycles. The van der Waals surface area contributed by atoms with E-state index in [0.717, 1.165) is 4.31 Å². The van der Waals surface area contributed by atoms with Gasteiger partial charge in [-0.1, -0.05) is 0 Å². The average Bonchev–Trinajstić information content (AvgIpc) is 2.46. The third-order valence-corrected chi connectivity index (χ3v) is 4.26. The van der Waals surface area contributed by atoms with Crippen LogP contribution in [0.2, 0.25) is 0 Å². The smallest absolute Gasteiger partial charge is 0.246 e. The van der Waals surface area contributed by atoms with Crippen LogP contribution < -0.4 is 0 Å². The van der Waals surface area contributed by atoms with Crippen molar-refractivity contribution >= 4 is 10.0 Å². The number of aromatic amines is 1. The van der Waals surface area contributed by atoms with Crippen LogP contribution in [-0.4, -0.2) is 48.2 Å². The van der Waals surface area contributed by atoms with Crippen LogP contribution in [0.25, 0.3) is 0 Å². The van der Waals surface area contributed by atoms with E-state index in [1.54, 1.807) is 13.8 Å². The number of aromatic nitrogens is 2. The van der Waals surface area contributed by atoms with Gasteiger partial charge in [0, 0.05) is 13.6 Å². The topological polar surface area (TPSA) is 86.3 Å². The van der Waals surface area contributed by atoms with E-state index in [1.165, 1.54) is 7.05 Å². The first-order valence-corrected chi connectivity index (χ1v) is 5.94. The predicted octanol–water partition coefficient (Wildman–Crippen LogP) is -0.361. The Morgan fingerprint density at radius 1 is 1.47 bits per heavy atom. The van der Waals surface area contributed by atoms with Gasteiger partial charge in [0.05, 0.1) is 18.0 Å². The molecule has 0 bridgehead atoms. The third-order valence-electron chi connectivity index (χ3n) is 2.14. The lowest BCUT2D eigenvalue weighted by atomic mass is 10.4. The molecule has 0 aliphatic heterocycles. The van der Waals surface area contributed by atoms with Crippen molar-refractivity contribution in [2.45, 2.75) is 18.7 Å². The molecule has 0 saturated heterocycles. The van der Waals surface area contributed by atoms with Crippen LogP contribution in [0.4, 0.5) is 0 Å². The molecule has 1 rings (SSSR count). The molecule has 7 heteroatoms. The number of aryl methyl sites for hydroxylation is 2. The minimum atomic E-state index is -3.54. The minimum Gasteiger partial charge on any atom is -0.395 e. The van der Waals surface area contributed by atoms with E-state index in [-0.39, 0.29) is 18.0 Å². The molecule has 1 aromatic heterocycles. The van der Waals surface area contributed by atoms with Gasteiger partial charge in [0.15, 0.2) is 0 Å². The Kier molecular flexibility index (Phi) is 3.48. The normalized spacial score (nSPS) is 12.3. The number of aliphatic hydroxyl groups excluding tert-OH is 1. The molecule has 1 aromatic rings. The number of H-pyrrole nitrogens is 1. The lowest BCUT2D eigenvalue weighted by molar-refractivity contribution is 0.266. The second-order valence-corrected chi connectivity index (χ2v) is 5.30. The number of likely N-dealkylation sites (N-methyl/N-ethyl adjacent to an activating group) is 1. The van der Waals surface area contributed by atoms with Crippen molar-refractivity contribution in [3.8, 4) is 0 Å². The molecule has 0 amide bonds. The van der Waals surface area contributed by atoms with Gasteiger partial charge in [-0.05, 0) is 13.8 Å². The van der Waals surface area contributed by atoms with Gasteiger partial charge in [0.25, 0.3) is 0 Å². The van der Waals surface area contributed by atoms with Crippen molar-refractivity contribution in [3.05, 3.63) is 11.4 Å². The summed E-state index contributed by atoms with van der Waals surface area (Å²) in [4.78, 5) is 0.193. The summed E-state index contributed by atoms with van der Waals surface area (Å²) in [7, 11) is -2.11. The van der Waals surface area contributed by atoms with Gasteiger partial charge < -0.3 is 5.11 Å². The van der Waals surface area contributed by atoms with Gasteiger partial charge in [0.1, 0.15) is 4.90 Å². The summed E-state index contributed by atoms with van der Waals surface area (Å²) < 4.78 is 25.1. The highest BCUT2D eigenvalue weighted by molar-refractivity contribution is 7.89. The molecule has 0 atom stereocenters. The number of aliphatic hydroxyl groups is 1. The Bertz CT molecular complexity index is 418. The highest BCUT2D eigenvalue weighted by Crippen LogP contribution is 2.19. The van der Waals surface area contributed by atoms with Crippen LogP contribution in [0.1, 0.15) is 11.4 Å². The maximum absolute atomic E-state index is 12.0. The van der Waals surface area contributed by atoms with E-state index in [4.69, 9.17) is 5.11 Å². The van der Waals surface area contributed by atoms with Crippen molar-refractivity contribution in [2.75, 3.05) is 20.2 Å². The molecule has 0 aliphatic carbocycles. The largest absolute Gasteiger partial charge is 0.395 e. The quantitative estimate of drug-likeness (QED) is 0.743. The van der Waals surface area contributed by atoms with Gasteiger partial charge in [-0.3, -0.25) is 5.10 Å². The number of hydrogen-bond donors (Lipinski definition) is 2. The van der Waals surface area contributed by atoms with Gasteiger partial charge in [-0.25, -0.2) is 8.42 Å². The highest BCUT2D eigenvalue weighted by atomic mass is 32.2. The maximum Gasteiger partial charge on any atom is 0.246 e. The molecule has 2 N–H and O–H groups in total. The Balaban J connectivity index is 3.17. The van der Waals surface area contributed by atoms with Crippen LogP contribution in [0.15, 0.2) is 4.90 Å². The Morgan fingerprint density at radius 3 is 2.47 bits per heavy atom. The molecule has 0 fully saturated rings. The predicted molar refractivity (Wildman–Crippen MR) is 55.0 cm³/mol. The van der Waals surface area contributed by atoms with E-state index < -0.39 is 10.0 Å². The van der Waals surface area contributed by atoms with Crippen molar-refractivity contribution in [2.24, 2.45) is 0 Å². The molecule has 0 radical (unpaired) electrons. The van der Waals surface area contributed by atoms with Crippen LogP contribution in [-0.2, 0) is 10.0 Å². The molecule has 1 heterocycles. The summed E-state index contributed by atoms with van der Waals surface area (Å²) in [5.41, 5.74) is 0.953. The molecule has 6 nitrogen and oxygen atoms in total. The van der Waals surface area contributed by atoms with E-state index in [0.29, 0.717) is 11.4 Å². The van der Waals surface area contributed by atoms with Crippen LogP contribution in [0.5, 0.6) is 0 Å². The zero-order chi connectivity index (χ0) is 11.6. The average molecular weight is 233 g/mol. The fraction of sp³-hybridized carbons (Fsp3) is 0.625. The Labute approximate surface area is 89.0 Å². The number of nitrogens with one attached hydrogen (secondary N) is 1.